The Morgan fingerprint density at radius 1 is 1.38 bits per heavy atom. The minimum atomic E-state index is 0.536. The highest BCUT2D eigenvalue weighted by molar-refractivity contribution is 5.18. The average Bonchev–Trinajstić information content (AvgIpc) is 2.29. The number of rotatable bonds is 2. The quantitative estimate of drug-likeness (QED) is 0.757. The van der Waals surface area contributed by atoms with Crippen LogP contribution in [0.4, 0.5) is 0 Å². The van der Waals surface area contributed by atoms with Gasteiger partial charge in [-0.15, -0.1) is 0 Å². The Balaban J connectivity index is 2.23. The summed E-state index contributed by atoms with van der Waals surface area (Å²) >= 11 is 0. The Labute approximate surface area is 98.7 Å². The maximum Gasteiger partial charge on any atom is 0.0578 e. The highest BCUT2D eigenvalue weighted by Crippen LogP contribution is 2.31. The summed E-state index contributed by atoms with van der Waals surface area (Å²) in [6.45, 7) is 7.94. The maximum absolute atomic E-state index is 4.55. The summed E-state index contributed by atoms with van der Waals surface area (Å²) in [6.07, 6.45) is 5.87. The van der Waals surface area contributed by atoms with E-state index in [-0.39, 0.29) is 0 Å². The second kappa shape index (κ2) is 4.96. The Kier molecular flexibility index (Phi) is 3.59. The number of hydrogen-bond acceptors (Lipinski definition) is 2. The van der Waals surface area contributed by atoms with Crippen molar-refractivity contribution in [2.45, 2.75) is 52.1 Å². The number of nitrogens with zero attached hydrogens (tertiary/aromatic N) is 2. The fourth-order valence-electron chi connectivity index (χ4n) is 2.63. The zero-order chi connectivity index (χ0) is 11.5. The van der Waals surface area contributed by atoms with Crippen molar-refractivity contribution in [3.05, 3.63) is 29.6 Å². The Morgan fingerprint density at radius 2 is 2.19 bits per heavy atom. The van der Waals surface area contributed by atoms with Gasteiger partial charge in [0, 0.05) is 12.2 Å². The smallest absolute Gasteiger partial charge is 0.0578 e. The Hall–Kier alpha value is -0.890. The lowest BCUT2D eigenvalue weighted by molar-refractivity contribution is 0.109. The molecular formula is C14H22N2. The molecule has 0 radical (unpaired) electrons. The predicted molar refractivity (Wildman–Crippen MR) is 67.4 cm³/mol. The first-order valence-corrected chi connectivity index (χ1v) is 6.37. The highest BCUT2D eigenvalue weighted by atomic mass is 15.2. The van der Waals surface area contributed by atoms with Crippen molar-refractivity contribution in [2.24, 2.45) is 0 Å². The first kappa shape index (κ1) is 11.6. The standard InChI is InChI=1S/C14H22N2/c1-11(2)16-9-5-4-6-14(16)13-10-12(3)7-8-15-13/h7-8,10-11,14H,4-6,9H2,1-3H3/t14-/m0/s1. The van der Waals surface area contributed by atoms with Crippen molar-refractivity contribution in [1.29, 1.82) is 0 Å². The molecule has 0 saturated carbocycles. The van der Waals surface area contributed by atoms with Crippen LogP contribution in [0.5, 0.6) is 0 Å². The van der Waals surface area contributed by atoms with Crippen LogP contribution >= 0.6 is 0 Å². The summed E-state index contributed by atoms with van der Waals surface area (Å²) in [6, 6.07) is 5.47. The number of piperidine rings is 1. The number of pyridine rings is 1. The molecule has 88 valence electrons. The molecule has 16 heavy (non-hydrogen) atoms. The number of likely N-dealkylation sites (tertiary alicyclic amines) is 1. The molecule has 1 atom stereocenters. The summed E-state index contributed by atoms with van der Waals surface area (Å²) in [7, 11) is 0. The summed E-state index contributed by atoms with van der Waals surface area (Å²) < 4.78 is 0. The van der Waals surface area contributed by atoms with Gasteiger partial charge in [0.15, 0.2) is 0 Å². The van der Waals surface area contributed by atoms with Gasteiger partial charge >= 0.3 is 0 Å². The number of aromatic nitrogens is 1. The van der Waals surface area contributed by atoms with E-state index in [2.05, 4.69) is 42.8 Å². The lowest BCUT2D eigenvalue weighted by Crippen LogP contribution is -2.38. The van der Waals surface area contributed by atoms with E-state index in [9.17, 15) is 0 Å². The minimum Gasteiger partial charge on any atom is -0.292 e. The second-order valence-corrected chi connectivity index (χ2v) is 5.10. The molecule has 1 aliphatic rings. The zero-order valence-electron chi connectivity index (χ0n) is 10.6. The van der Waals surface area contributed by atoms with E-state index in [1.54, 1.807) is 0 Å². The van der Waals surface area contributed by atoms with Gasteiger partial charge in [-0.05, 0) is 57.9 Å². The predicted octanol–water partition coefficient (Wildman–Crippen LogP) is 3.33. The van der Waals surface area contributed by atoms with Crippen LogP contribution in [0.1, 0.15) is 50.4 Å². The molecule has 0 spiro atoms. The third-order valence-corrected chi connectivity index (χ3v) is 3.49. The Morgan fingerprint density at radius 3 is 2.88 bits per heavy atom. The second-order valence-electron chi connectivity index (χ2n) is 5.10. The van der Waals surface area contributed by atoms with E-state index in [1.807, 2.05) is 6.20 Å². The molecule has 1 aromatic rings. The van der Waals surface area contributed by atoms with Gasteiger partial charge in [-0.25, -0.2) is 0 Å². The van der Waals surface area contributed by atoms with Crippen LogP contribution in [-0.2, 0) is 0 Å². The monoisotopic (exact) mass is 218 g/mol. The molecule has 1 fully saturated rings. The summed E-state index contributed by atoms with van der Waals surface area (Å²) in [5.41, 5.74) is 2.58. The van der Waals surface area contributed by atoms with Gasteiger partial charge in [0.25, 0.3) is 0 Å². The zero-order valence-corrected chi connectivity index (χ0v) is 10.6. The third kappa shape index (κ3) is 2.43. The van der Waals surface area contributed by atoms with Crippen molar-refractivity contribution in [1.82, 2.24) is 9.88 Å². The summed E-state index contributed by atoms with van der Waals surface area (Å²) in [4.78, 5) is 7.14. The molecule has 2 heteroatoms. The first-order valence-electron chi connectivity index (χ1n) is 6.37. The molecule has 0 N–H and O–H groups in total. The normalized spacial score (nSPS) is 22.6. The van der Waals surface area contributed by atoms with Crippen LogP contribution in [0, 0.1) is 6.92 Å². The van der Waals surface area contributed by atoms with Gasteiger partial charge in [-0.1, -0.05) is 6.42 Å². The maximum atomic E-state index is 4.55. The molecule has 0 aromatic carbocycles. The van der Waals surface area contributed by atoms with Crippen molar-refractivity contribution >= 4 is 0 Å². The van der Waals surface area contributed by atoms with Crippen LogP contribution in [0.3, 0.4) is 0 Å². The van der Waals surface area contributed by atoms with Crippen LogP contribution in [-0.4, -0.2) is 22.5 Å². The average molecular weight is 218 g/mol. The van der Waals surface area contributed by atoms with Gasteiger partial charge in [0.05, 0.1) is 11.7 Å². The van der Waals surface area contributed by atoms with Gasteiger partial charge in [-0.2, -0.15) is 0 Å². The molecule has 2 rings (SSSR count). The molecule has 0 bridgehead atoms. The molecule has 0 unspecified atom stereocenters. The highest BCUT2D eigenvalue weighted by Gasteiger charge is 2.26. The SMILES string of the molecule is Cc1ccnc([C@@H]2CCCCN2C(C)C)c1. The van der Waals surface area contributed by atoms with Gasteiger partial charge in [0.2, 0.25) is 0 Å². The summed E-state index contributed by atoms with van der Waals surface area (Å²) in [5.74, 6) is 0. The van der Waals surface area contributed by atoms with Crippen LogP contribution in [0.25, 0.3) is 0 Å². The van der Waals surface area contributed by atoms with E-state index in [0.717, 1.165) is 0 Å². The minimum absolute atomic E-state index is 0.536. The molecule has 1 saturated heterocycles. The van der Waals surface area contributed by atoms with Crippen LogP contribution in [0.15, 0.2) is 18.3 Å². The van der Waals surface area contributed by atoms with Crippen molar-refractivity contribution in [3.63, 3.8) is 0 Å². The lowest BCUT2D eigenvalue weighted by Gasteiger charge is -2.38. The fraction of sp³-hybridized carbons (Fsp3) is 0.643. The van der Waals surface area contributed by atoms with E-state index < -0.39 is 0 Å². The van der Waals surface area contributed by atoms with Gasteiger partial charge in [-0.3, -0.25) is 9.88 Å². The molecule has 0 amide bonds. The number of aryl methyl sites for hydroxylation is 1. The van der Waals surface area contributed by atoms with Gasteiger partial charge in [0.1, 0.15) is 0 Å². The van der Waals surface area contributed by atoms with Gasteiger partial charge < -0.3 is 0 Å². The van der Waals surface area contributed by atoms with Crippen molar-refractivity contribution < 1.29 is 0 Å². The van der Waals surface area contributed by atoms with E-state index in [0.29, 0.717) is 12.1 Å². The number of hydrogen-bond donors (Lipinski definition) is 0. The third-order valence-electron chi connectivity index (χ3n) is 3.49. The van der Waals surface area contributed by atoms with Crippen LogP contribution < -0.4 is 0 Å². The first-order chi connectivity index (χ1) is 7.68. The molecular weight excluding hydrogens is 196 g/mol. The van der Waals surface area contributed by atoms with E-state index >= 15 is 0 Å². The largest absolute Gasteiger partial charge is 0.292 e. The van der Waals surface area contributed by atoms with Crippen molar-refractivity contribution in [3.8, 4) is 0 Å². The Bertz CT molecular complexity index is 346. The molecule has 2 heterocycles. The molecule has 1 aromatic heterocycles. The lowest BCUT2D eigenvalue weighted by atomic mass is 9.96. The van der Waals surface area contributed by atoms with Crippen LogP contribution in [0.2, 0.25) is 0 Å². The summed E-state index contributed by atoms with van der Waals surface area (Å²) in [5, 5.41) is 0. The van der Waals surface area contributed by atoms with Crippen molar-refractivity contribution in [2.75, 3.05) is 6.54 Å². The topological polar surface area (TPSA) is 16.1 Å². The molecule has 1 aliphatic heterocycles. The molecule has 0 aliphatic carbocycles. The van der Waals surface area contributed by atoms with E-state index in [4.69, 9.17) is 0 Å². The molecule has 2 nitrogen and oxygen atoms in total. The van der Waals surface area contributed by atoms with E-state index in [1.165, 1.54) is 37.1 Å². The fourth-order valence-corrected chi connectivity index (χ4v) is 2.63.